The summed E-state index contributed by atoms with van der Waals surface area (Å²) in [6, 6.07) is 2.27. The van der Waals surface area contributed by atoms with Crippen molar-refractivity contribution in [3.05, 3.63) is 35.5 Å². The summed E-state index contributed by atoms with van der Waals surface area (Å²) in [5.74, 6) is 1.26. The highest BCUT2D eigenvalue weighted by atomic mass is 16.7. The van der Waals surface area contributed by atoms with Gasteiger partial charge in [0.05, 0.1) is 24.2 Å². The Morgan fingerprint density at radius 2 is 1.77 bits per heavy atom. The van der Waals surface area contributed by atoms with E-state index in [1.807, 2.05) is 0 Å². The molecule has 2 saturated carbocycles. The highest BCUT2D eigenvalue weighted by Gasteiger charge is 2.67. The van der Waals surface area contributed by atoms with Crippen LogP contribution in [0.5, 0.6) is 0 Å². The molecule has 0 N–H and O–H groups in total. The molecule has 0 bridgehead atoms. The van der Waals surface area contributed by atoms with E-state index in [4.69, 9.17) is 9.47 Å². The smallest absolute Gasteiger partial charge is 0.183 e. The van der Waals surface area contributed by atoms with E-state index in [1.54, 1.807) is 0 Å². The monoisotopic (exact) mass is 405 g/mol. The van der Waals surface area contributed by atoms with Gasteiger partial charge in [0.2, 0.25) is 0 Å². The number of allylic oxidation sites excluding steroid dienone is 6. The molecule has 2 spiro atoms. The fraction of sp³-hybridized carbons (Fsp3) is 0.692. The van der Waals surface area contributed by atoms with Crippen LogP contribution >= 0.6 is 0 Å². The number of Topliss-reactive ketones (excluding diaryl/α,β-unsaturated/α-hetero) is 1. The zero-order chi connectivity index (χ0) is 20.8. The number of ether oxygens (including phenoxy) is 2. The lowest BCUT2D eigenvalue weighted by atomic mass is 9.45. The van der Waals surface area contributed by atoms with Gasteiger partial charge in [-0.05, 0) is 61.9 Å². The fourth-order valence-electron chi connectivity index (χ4n) is 8.70. The van der Waals surface area contributed by atoms with Gasteiger partial charge in [-0.25, -0.2) is 0 Å². The van der Waals surface area contributed by atoms with E-state index < -0.39 is 5.41 Å². The zero-order valence-electron chi connectivity index (χ0n) is 18.1. The van der Waals surface area contributed by atoms with E-state index in [0.29, 0.717) is 36.5 Å². The van der Waals surface area contributed by atoms with Crippen LogP contribution in [0.1, 0.15) is 58.8 Å². The molecule has 0 aromatic heterocycles. The Morgan fingerprint density at radius 3 is 2.47 bits per heavy atom. The van der Waals surface area contributed by atoms with Gasteiger partial charge in [-0.1, -0.05) is 38.2 Å². The van der Waals surface area contributed by atoms with Crippen molar-refractivity contribution < 1.29 is 14.3 Å². The van der Waals surface area contributed by atoms with Gasteiger partial charge >= 0.3 is 0 Å². The first-order chi connectivity index (χ1) is 14.4. The number of carbonyl (C=O) groups is 1. The molecule has 5 aliphatic carbocycles. The van der Waals surface area contributed by atoms with Crippen molar-refractivity contribution >= 4 is 5.78 Å². The summed E-state index contributed by atoms with van der Waals surface area (Å²) in [5, 5.41) is 9.82. The first-order valence-corrected chi connectivity index (χ1v) is 11.7. The second kappa shape index (κ2) is 5.96. The van der Waals surface area contributed by atoms with E-state index in [0.717, 1.165) is 44.9 Å². The number of carbonyl (C=O) groups excluding carboxylic acids is 1. The van der Waals surface area contributed by atoms with Gasteiger partial charge in [0.25, 0.3) is 0 Å². The molecule has 0 radical (unpaired) electrons. The van der Waals surface area contributed by atoms with Crippen LogP contribution in [-0.2, 0) is 14.3 Å². The number of hydrogen-bond donors (Lipinski definition) is 0. The van der Waals surface area contributed by atoms with E-state index in [-0.39, 0.29) is 22.4 Å². The van der Waals surface area contributed by atoms with Gasteiger partial charge in [0.15, 0.2) is 11.6 Å². The van der Waals surface area contributed by atoms with Crippen molar-refractivity contribution in [2.45, 2.75) is 64.6 Å². The normalized spacial score (nSPS) is 45.0. The second-order valence-electron chi connectivity index (χ2n) is 10.9. The van der Waals surface area contributed by atoms with Crippen molar-refractivity contribution in [2.75, 3.05) is 13.2 Å². The summed E-state index contributed by atoms with van der Waals surface area (Å²) in [6.45, 7) is 6.14. The molecule has 1 unspecified atom stereocenters. The molecule has 4 heteroatoms. The van der Waals surface area contributed by atoms with E-state index >= 15 is 0 Å². The minimum atomic E-state index is -0.505. The maximum absolute atomic E-state index is 13.3. The second-order valence-corrected chi connectivity index (χ2v) is 10.9. The Morgan fingerprint density at radius 1 is 1.07 bits per heavy atom. The summed E-state index contributed by atoms with van der Waals surface area (Å²) >= 11 is 0. The Bertz CT molecular complexity index is 938. The number of hydrogen-bond acceptors (Lipinski definition) is 4. The standard InChI is InChI=1S/C26H31NO3/c1-23-15-17(16-27)22(28)25(9-3-4-10-25)21(23)6-5-18-19(23)7-11-24(2)20(18)8-12-26(24)29-13-14-30-26/h3-4,6,15,18-20H,5,7-14H2,1-2H3/t18?,19-,20-,23+,24-/m0/s1. The molecule has 158 valence electrons. The molecule has 5 atom stereocenters. The highest BCUT2D eigenvalue weighted by Crippen LogP contribution is 2.70. The minimum absolute atomic E-state index is 0.0467. The molecule has 6 rings (SSSR count). The zero-order valence-corrected chi connectivity index (χ0v) is 18.1. The SMILES string of the molecule is C[C@]12C=C(C#N)C(=O)C3(CC=CC3)C1=CCC1[C@@H]2CC[C@@]2(C)[C@H]1CCC21OCCO1. The largest absolute Gasteiger partial charge is 0.347 e. The summed E-state index contributed by atoms with van der Waals surface area (Å²) in [7, 11) is 0. The molecular formula is C26H31NO3. The molecule has 0 aromatic rings. The maximum atomic E-state index is 13.3. The van der Waals surface area contributed by atoms with E-state index in [9.17, 15) is 10.1 Å². The van der Waals surface area contributed by atoms with Gasteiger partial charge in [-0.15, -0.1) is 0 Å². The third-order valence-electron chi connectivity index (χ3n) is 10.0. The molecular weight excluding hydrogens is 374 g/mol. The fourth-order valence-corrected chi connectivity index (χ4v) is 8.70. The molecule has 6 aliphatic rings. The van der Waals surface area contributed by atoms with E-state index in [1.165, 1.54) is 5.57 Å². The molecule has 1 saturated heterocycles. The van der Waals surface area contributed by atoms with Crippen LogP contribution < -0.4 is 0 Å². The first-order valence-electron chi connectivity index (χ1n) is 11.7. The van der Waals surface area contributed by atoms with Crippen LogP contribution in [0.2, 0.25) is 0 Å². The van der Waals surface area contributed by atoms with Gasteiger partial charge in [-0.2, -0.15) is 5.26 Å². The highest BCUT2D eigenvalue weighted by molar-refractivity contribution is 6.07. The van der Waals surface area contributed by atoms with E-state index in [2.05, 4.69) is 44.2 Å². The third-order valence-corrected chi connectivity index (χ3v) is 10.0. The van der Waals surface area contributed by atoms with Crippen molar-refractivity contribution in [1.29, 1.82) is 5.26 Å². The van der Waals surface area contributed by atoms with Crippen LogP contribution in [0.4, 0.5) is 0 Å². The van der Waals surface area contributed by atoms with Crippen molar-refractivity contribution in [3.63, 3.8) is 0 Å². The average molecular weight is 406 g/mol. The Labute approximate surface area is 179 Å². The summed E-state index contributed by atoms with van der Waals surface area (Å²) in [4.78, 5) is 13.3. The van der Waals surface area contributed by atoms with Crippen LogP contribution in [0.15, 0.2) is 35.5 Å². The topological polar surface area (TPSA) is 59.3 Å². The predicted octanol–water partition coefficient (Wildman–Crippen LogP) is 4.88. The number of rotatable bonds is 0. The third kappa shape index (κ3) is 2.02. The van der Waals surface area contributed by atoms with Gasteiger partial charge in [0.1, 0.15) is 6.07 Å². The molecule has 1 aliphatic heterocycles. The molecule has 0 amide bonds. The van der Waals surface area contributed by atoms with Crippen molar-refractivity contribution in [1.82, 2.24) is 0 Å². The number of ketones is 1. The number of fused-ring (bicyclic) bond motifs is 7. The van der Waals surface area contributed by atoms with Crippen LogP contribution in [0.3, 0.4) is 0 Å². The lowest BCUT2D eigenvalue weighted by Crippen LogP contribution is -2.56. The van der Waals surface area contributed by atoms with Crippen LogP contribution in [0, 0.1) is 45.3 Å². The predicted molar refractivity (Wildman–Crippen MR) is 112 cm³/mol. The Balaban J connectivity index is 1.44. The Kier molecular flexibility index (Phi) is 3.78. The van der Waals surface area contributed by atoms with Gasteiger partial charge in [-0.3, -0.25) is 4.79 Å². The Hall–Kier alpha value is -1.70. The van der Waals surface area contributed by atoms with Crippen molar-refractivity contribution in [3.8, 4) is 6.07 Å². The first kappa shape index (κ1) is 19.0. The molecule has 3 fully saturated rings. The molecule has 30 heavy (non-hydrogen) atoms. The van der Waals surface area contributed by atoms with Crippen LogP contribution in [0.25, 0.3) is 0 Å². The van der Waals surface area contributed by atoms with Gasteiger partial charge < -0.3 is 9.47 Å². The lowest BCUT2D eigenvalue weighted by Gasteiger charge is -2.59. The lowest BCUT2D eigenvalue weighted by molar-refractivity contribution is -0.241. The molecule has 4 nitrogen and oxygen atoms in total. The average Bonchev–Trinajstić information content (AvgIpc) is 3.47. The summed E-state index contributed by atoms with van der Waals surface area (Å²) < 4.78 is 12.5. The summed E-state index contributed by atoms with van der Waals surface area (Å²) in [5.41, 5.74) is 1.04. The molecule has 1 heterocycles. The van der Waals surface area contributed by atoms with Gasteiger partial charge in [0, 0.05) is 17.3 Å². The molecule has 0 aromatic carbocycles. The summed E-state index contributed by atoms with van der Waals surface area (Å²) in [6.07, 6.45) is 15.6. The number of nitrogens with zero attached hydrogens (tertiary/aromatic N) is 1. The van der Waals surface area contributed by atoms with Crippen LogP contribution in [-0.4, -0.2) is 24.8 Å². The maximum Gasteiger partial charge on any atom is 0.183 e. The quantitative estimate of drug-likeness (QED) is 0.539. The number of nitriles is 1. The van der Waals surface area contributed by atoms with Crippen molar-refractivity contribution in [2.24, 2.45) is 34.0 Å². The minimum Gasteiger partial charge on any atom is -0.347 e.